The molecular weight excluding hydrogens is 138 g/mol. The van der Waals surface area contributed by atoms with E-state index in [1.165, 1.54) is 0 Å². The lowest BCUT2D eigenvalue weighted by Gasteiger charge is -2.08. The maximum absolute atomic E-state index is 9.30. The van der Waals surface area contributed by atoms with Crippen LogP contribution in [0.1, 0.15) is 0 Å². The van der Waals surface area contributed by atoms with E-state index in [9.17, 15) is 5.11 Å². The van der Waals surface area contributed by atoms with Crippen molar-refractivity contribution in [3.63, 3.8) is 0 Å². The predicted molar refractivity (Wildman–Crippen MR) is 48.4 cm³/mol. The summed E-state index contributed by atoms with van der Waals surface area (Å²) in [4.78, 5) is 0. The van der Waals surface area contributed by atoms with Crippen molar-refractivity contribution in [1.29, 1.82) is 0 Å². The molecule has 0 heterocycles. The number of allylic oxidation sites excluding steroid dienone is 2. The second-order valence-electron chi connectivity index (χ2n) is 2.24. The molecule has 0 aliphatic heterocycles. The van der Waals surface area contributed by atoms with Crippen LogP contribution in [0, 0.1) is 0 Å². The first kappa shape index (κ1) is 10.1. The van der Waals surface area contributed by atoms with Gasteiger partial charge < -0.3 is 10.4 Å². The van der Waals surface area contributed by atoms with Crippen molar-refractivity contribution >= 4 is 0 Å². The number of hydrogen-bond donors (Lipinski definition) is 2. The summed E-state index contributed by atoms with van der Waals surface area (Å²) < 4.78 is 0. The summed E-state index contributed by atoms with van der Waals surface area (Å²) in [5, 5.41) is 12.2. The summed E-state index contributed by atoms with van der Waals surface area (Å²) in [6.07, 6.45) is 4.64. The minimum Gasteiger partial charge on any atom is -0.387 e. The maximum Gasteiger partial charge on any atom is 0.0908 e. The van der Waals surface area contributed by atoms with Gasteiger partial charge in [-0.15, -0.1) is 0 Å². The van der Waals surface area contributed by atoms with Crippen molar-refractivity contribution in [1.82, 2.24) is 5.32 Å². The third-order valence-corrected chi connectivity index (χ3v) is 1.27. The van der Waals surface area contributed by atoms with E-state index in [-0.39, 0.29) is 0 Å². The fourth-order valence-electron chi connectivity index (χ4n) is 0.627. The standard InChI is InChI=1S/C9H15NO/c1-4-5-6-8(2)9(11)7-10-3/h4-6,9-11H,1-2,7H2,3H3/b6-5-. The van der Waals surface area contributed by atoms with Gasteiger partial charge in [0, 0.05) is 6.54 Å². The number of hydrogen-bond acceptors (Lipinski definition) is 2. The van der Waals surface area contributed by atoms with Crippen molar-refractivity contribution in [2.24, 2.45) is 0 Å². The van der Waals surface area contributed by atoms with Gasteiger partial charge in [0.1, 0.15) is 0 Å². The number of likely N-dealkylation sites (N-methyl/N-ethyl adjacent to an activating group) is 1. The molecule has 2 heteroatoms. The fraction of sp³-hybridized carbons (Fsp3) is 0.333. The molecule has 0 fully saturated rings. The molecule has 0 saturated heterocycles. The van der Waals surface area contributed by atoms with Crippen LogP contribution >= 0.6 is 0 Å². The molecule has 0 aromatic carbocycles. The lowest BCUT2D eigenvalue weighted by molar-refractivity contribution is 0.214. The Balaban J connectivity index is 3.81. The topological polar surface area (TPSA) is 32.3 Å². The first-order chi connectivity index (χ1) is 5.22. The van der Waals surface area contributed by atoms with Crippen molar-refractivity contribution < 1.29 is 5.11 Å². The lowest BCUT2D eigenvalue weighted by Crippen LogP contribution is -2.24. The first-order valence-electron chi connectivity index (χ1n) is 3.53. The molecule has 0 aliphatic rings. The van der Waals surface area contributed by atoms with Crippen LogP contribution in [0.2, 0.25) is 0 Å². The molecule has 2 N–H and O–H groups in total. The van der Waals surface area contributed by atoms with Crippen LogP contribution in [0.15, 0.2) is 37.0 Å². The Morgan fingerprint density at radius 2 is 2.36 bits per heavy atom. The van der Waals surface area contributed by atoms with Gasteiger partial charge in [-0.25, -0.2) is 0 Å². The highest BCUT2D eigenvalue weighted by atomic mass is 16.3. The summed E-state index contributed by atoms with van der Waals surface area (Å²) >= 11 is 0. The predicted octanol–water partition coefficient (Wildman–Crippen LogP) is 0.865. The number of aliphatic hydroxyl groups is 1. The van der Waals surface area contributed by atoms with E-state index in [0.29, 0.717) is 12.1 Å². The Kier molecular flexibility index (Phi) is 5.43. The number of rotatable bonds is 5. The highest BCUT2D eigenvalue weighted by Crippen LogP contribution is 1.99. The van der Waals surface area contributed by atoms with Crippen molar-refractivity contribution in [3.8, 4) is 0 Å². The summed E-state index contributed by atoms with van der Waals surface area (Å²) in [6, 6.07) is 0. The fourth-order valence-corrected chi connectivity index (χ4v) is 0.627. The van der Waals surface area contributed by atoms with Gasteiger partial charge in [-0.1, -0.05) is 31.4 Å². The average molecular weight is 153 g/mol. The van der Waals surface area contributed by atoms with Gasteiger partial charge in [0.15, 0.2) is 0 Å². The Morgan fingerprint density at radius 3 is 2.82 bits per heavy atom. The van der Waals surface area contributed by atoms with E-state index in [4.69, 9.17) is 0 Å². The molecule has 0 radical (unpaired) electrons. The van der Waals surface area contributed by atoms with E-state index >= 15 is 0 Å². The zero-order valence-electron chi connectivity index (χ0n) is 6.88. The number of aliphatic hydroxyl groups excluding tert-OH is 1. The summed E-state index contributed by atoms with van der Waals surface area (Å²) in [5.41, 5.74) is 0.694. The van der Waals surface area contributed by atoms with Crippen molar-refractivity contribution in [2.45, 2.75) is 6.10 Å². The van der Waals surface area contributed by atoms with E-state index < -0.39 is 6.10 Å². The molecule has 0 bridgehead atoms. The molecule has 0 amide bonds. The van der Waals surface area contributed by atoms with Gasteiger partial charge in [-0.05, 0) is 12.6 Å². The maximum atomic E-state index is 9.30. The second-order valence-corrected chi connectivity index (χ2v) is 2.24. The Morgan fingerprint density at radius 1 is 1.73 bits per heavy atom. The van der Waals surface area contributed by atoms with E-state index in [1.54, 1.807) is 25.3 Å². The Labute approximate surface area is 67.9 Å². The summed E-state index contributed by atoms with van der Waals surface area (Å²) in [7, 11) is 1.79. The molecule has 0 saturated carbocycles. The van der Waals surface area contributed by atoms with E-state index in [2.05, 4.69) is 18.5 Å². The van der Waals surface area contributed by atoms with Crippen LogP contribution in [-0.2, 0) is 0 Å². The van der Waals surface area contributed by atoms with Gasteiger partial charge in [0.25, 0.3) is 0 Å². The smallest absolute Gasteiger partial charge is 0.0908 e. The SMILES string of the molecule is C=C/C=C\C(=C)C(O)CNC. The van der Waals surface area contributed by atoms with E-state index in [1.807, 2.05) is 0 Å². The van der Waals surface area contributed by atoms with E-state index in [0.717, 1.165) is 0 Å². The molecular formula is C9H15NO. The Bertz CT molecular complexity index is 161. The summed E-state index contributed by atoms with van der Waals surface area (Å²) in [5.74, 6) is 0. The van der Waals surface area contributed by atoms with Crippen LogP contribution in [0.5, 0.6) is 0 Å². The van der Waals surface area contributed by atoms with Crippen LogP contribution in [0.4, 0.5) is 0 Å². The first-order valence-corrected chi connectivity index (χ1v) is 3.53. The monoisotopic (exact) mass is 153 g/mol. The molecule has 62 valence electrons. The van der Waals surface area contributed by atoms with Crippen molar-refractivity contribution in [3.05, 3.63) is 37.0 Å². The molecule has 11 heavy (non-hydrogen) atoms. The lowest BCUT2D eigenvalue weighted by atomic mass is 10.1. The van der Waals surface area contributed by atoms with Crippen LogP contribution in [-0.4, -0.2) is 24.8 Å². The minimum absolute atomic E-state index is 0.504. The zero-order chi connectivity index (χ0) is 8.69. The highest BCUT2D eigenvalue weighted by molar-refractivity contribution is 5.22. The third-order valence-electron chi connectivity index (χ3n) is 1.27. The van der Waals surface area contributed by atoms with Crippen LogP contribution < -0.4 is 5.32 Å². The molecule has 1 atom stereocenters. The molecule has 0 aromatic rings. The van der Waals surface area contributed by atoms with Crippen LogP contribution in [0.3, 0.4) is 0 Å². The van der Waals surface area contributed by atoms with Gasteiger partial charge in [0.2, 0.25) is 0 Å². The molecule has 0 aliphatic carbocycles. The number of nitrogens with one attached hydrogen (secondary N) is 1. The van der Waals surface area contributed by atoms with Crippen molar-refractivity contribution in [2.75, 3.05) is 13.6 Å². The third kappa shape index (κ3) is 4.53. The second kappa shape index (κ2) is 5.89. The average Bonchev–Trinajstić information content (AvgIpc) is 2.00. The van der Waals surface area contributed by atoms with Crippen LogP contribution in [0.25, 0.3) is 0 Å². The molecule has 1 unspecified atom stereocenters. The highest BCUT2D eigenvalue weighted by Gasteiger charge is 2.02. The van der Waals surface area contributed by atoms with Gasteiger partial charge in [0.05, 0.1) is 6.10 Å². The minimum atomic E-state index is -0.504. The Hall–Kier alpha value is -0.860. The molecule has 0 rings (SSSR count). The largest absolute Gasteiger partial charge is 0.387 e. The van der Waals surface area contributed by atoms with Gasteiger partial charge in [-0.2, -0.15) is 0 Å². The molecule has 0 aromatic heterocycles. The normalized spacial score (nSPS) is 13.3. The molecule has 2 nitrogen and oxygen atoms in total. The molecule has 0 spiro atoms. The van der Waals surface area contributed by atoms with Gasteiger partial charge >= 0.3 is 0 Å². The zero-order valence-corrected chi connectivity index (χ0v) is 6.88. The van der Waals surface area contributed by atoms with Gasteiger partial charge in [-0.3, -0.25) is 0 Å². The summed E-state index contributed by atoms with van der Waals surface area (Å²) in [6.45, 7) is 7.73. The quantitative estimate of drug-likeness (QED) is 0.574.